The van der Waals surface area contributed by atoms with Crippen LogP contribution in [0.2, 0.25) is 5.02 Å². The quantitative estimate of drug-likeness (QED) is 0.466. The third-order valence-electron chi connectivity index (χ3n) is 3.44. The van der Waals surface area contributed by atoms with Crippen LogP contribution in [0.4, 0.5) is 11.4 Å². The van der Waals surface area contributed by atoms with E-state index >= 15 is 0 Å². The van der Waals surface area contributed by atoms with E-state index in [4.69, 9.17) is 16.7 Å². The number of esters is 1. The number of anilines is 2. The van der Waals surface area contributed by atoms with Crippen molar-refractivity contribution in [3.05, 3.63) is 53.1 Å². The topological polar surface area (TPSA) is 105 Å². The van der Waals surface area contributed by atoms with Gasteiger partial charge in [0.2, 0.25) is 0 Å². The van der Waals surface area contributed by atoms with Gasteiger partial charge in [0.05, 0.1) is 18.4 Å². The van der Waals surface area contributed by atoms with E-state index in [9.17, 15) is 13.2 Å². The van der Waals surface area contributed by atoms with Crippen LogP contribution in [0.25, 0.3) is 0 Å². The van der Waals surface area contributed by atoms with E-state index < -0.39 is 16.0 Å². The highest BCUT2D eigenvalue weighted by molar-refractivity contribution is 7.92. The lowest BCUT2D eigenvalue weighted by Crippen LogP contribution is -2.17. The van der Waals surface area contributed by atoms with Crippen LogP contribution < -0.4 is 10.0 Å². The molecule has 0 aliphatic heterocycles. The van der Waals surface area contributed by atoms with Gasteiger partial charge in [-0.2, -0.15) is 0 Å². The van der Waals surface area contributed by atoms with E-state index in [2.05, 4.69) is 14.8 Å². The van der Waals surface area contributed by atoms with E-state index in [1.54, 1.807) is 12.1 Å². The maximum absolute atomic E-state index is 12.8. The summed E-state index contributed by atoms with van der Waals surface area (Å²) in [6.07, 6.45) is 0.447. The molecule has 0 aliphatic carbocycles. The first-order valence-corrected chi connectivity index (χ1v) is 9.59. The smallest absolute Gasteiger partial charge is 0.337 e. The molecule has 0 saturated heterocycles. The predicted octanol–water partition coefficient (Wildman–Crippen LogP) is 2.72. The molecule has 0 heterocycles. The van der Waals surface area contributed by atoms with Gasteiger partial charge in [0, 0.05) is 23.9 Å². The summed E-state index contributed by atoms with van der Waals surface area (Å²) in [5.74, 6) is -0.644. The van der Waals surface area contributed by atoms with Gasteiger partial charge in [-0.15, -0.1) is 0 Å². The first-order chi connectivity index (χ1) is 12.4. The van der Waals surface area contributed by atoms with Crippen molar-refractivity contribution >= 4 is 39.0 Å². The Hall–Kier alpha value is -2.29. The second-order valence-corrected chi connectivity index (χ2v) is 7.41. The highest BCUT2D eigenvalue weighted by Crippen LogP contribution is 2.26. The minimum atomic E-state index is -3.98. The Kier molecular flexibility index (Phi) is 6.84. The molecule has 0 aliphatic rings. The Morgan fingerprint density at radius 3 is 2.50 bits per heavy atom. The van der Waals surface area contributed by atoms with Gasteiger partial charge in [-0.25, -0.2) is 13.2 Å². The number of carbonyl (C=O) groups excluding carboxylic acids is 1. The van der Waals surface area contributed by atoms with Crippen LogP contribution in [0.15, 0.2) is 47.4 Å². The number of halogens is 1. The number of benzene rings is 2. The van der Waals surface area contributed by atoms with Crippen molar-refractivity contribution < 1.29 is 23.1 Å². The number of aliphatic hydroxyl groups is 1. The Morgan fingerprint density at radius 2 is 1.88 bits per heavy atom. The van der Waals surface area contributed by atoms with Gasteiger partial charge in [0.15, 0.2) is 0 Å². The fourth-order valence-electron chi connectivity index (χ4n) is 2.17. The zero-order valence-corrected chi connectivity index (χ0v) is 15.6. The second-order valence-electron chi connectivity index (χ2n) is 5.32. The summed E-state index contributed by atoms with van der Waals surface area (Å²) < 4.78 is 32.7. The van der Waals surface area contributed by atoms with Gasteiger partial charge in [-0.1, -0.05) is 11.6 Å². The molecule has 0 bridgehead atoms. The zero-order chi connectivity index (χ0) is 19.2. The number of carbonyl (C=O) groups is 1. The summed E-state index contributed by atoms with van der Waals surface area (Å²) in [4.78, 5) is 11.7. The van der Waals surface area contributed by atoms with Gasteiger partial charge in [-0.3, -0.25) is 4.72 Å². The van der Waals surface area contributed by atoms with Crippen molar-refractivity contribution in [1.29, 1.82) is 0 Å². The van der Waals surface area contributed by atoms with Crippen molar-refractivity contribution in [2.75, 3.05) is 30.3 Å². The fourth-order valence-corrected chi connectivity index (χ4v) is 3.56. The van der Waals surface area contributed by atoms with E-state index in [-0.39, 0.29) is 17.1 Å². The van der Waals surface area contributed by atoms with Crippen LogP contribution in [-0.4, -0.2) is 39.8 Å². The number of methoxy groups -OCH3 is 1. The van der Waals surface area contributed by atoms with Crippen LogP contribution in [0, 0.1) is 0 Å². The normalized spacial score (nSPS) is 11.0. The number of sulfonamides is 1. The molecular weight excluding hydrogens is 380 g/mol. The van der Waals surface area contributed by atoms with Crippen LogP contribution in [0.5, 0.6) is 0 Å². The average molecular weight is 399 g/mol. The van der Waals surface area contributed by atoms with Gasteiger partial charge in [0.1, 0.15) is 4.90 Å². The van der Waals surface area contributed by atoms with E-state index in [1.165, 1.54) is 37.4 Å². The van der Waals surface area contributed by atoms with Crippen LogP contribution in [0.3, 0.4) is 0 Å². The Morgan fingerprint density at radius 1 is 1.19 bits per heavy atom. The summed E-state index contributed by atoms with van der Waals surface area (Å²) in [7, 11) is -2.77. The lowest BCUT2D eigenvalue weighted by atomic mass is 10.2. The van der Waals surface area contributed by atoms with E-state index in [1.807, 2.05) is 0 Å². The van der Waals surface area contributed by atoms with E-state index in [0.29, 0.717) is 29.4 Å². The predicted molar refractivity (Wildman–Crippen MR) is 100 cm³/mol. The number of ether oxygens (including phenoxy) is 1. The molecular formula is C17H19ClN2O5S. The molecule has 2 aromatic rings. The third kappa shape index (κ3) is 5.10. The highest BCUT2D eigenvalue weighted by atomic mass is 35.5. The van der Waals surface area contributed by atoms with Gasteiger partial charge in [0.25, 0.3) is 10.0 Å². The van der Waals surface area contributed by atoms with Crippen molar-refractivity contribution in [2.24, 2.45) is 0 Å². The van der Waals surface area contributed by atoms with Crippen LogP contribution in [0.1, 0.15) is 16.8 Å². The van der Waals surface area contributed by atoms with Gasteiger partial charge >= 0.3 is 5.97 Å². The molecule has 140 valence electrons. The fraction of sp³-hybridized carbons (Fsp3) is 0.235. The number of rotatable bonds is 8. The van der Waals surface area contributed by atoms with Crippen LogP contribution in [-0.2, 0) is 14.8 Å². The largest absolute Gasteiger partial charge is 0.465 e. The summed E-state index contributed by atoms with van der Waals surface area (Å²) >= 11 is 5.81. The van der Waals surface area contributed by atoms with Crippen molar-refractivity contribution in [3.8, 4) is 0 Å². The molecule has 0 saturated carbocycles. The molecule has 0 unspecified atom stereocenters. The van der Waals surface area contributed by atoms with Crippen molar-refractivity contribution in [1.82, 2.24) is 0 Å². The molecule has 2 rings (SSSR count). The molecule has 9 heteroatoms. The minimum absolute atomic E-state index is 0.0294. The second kappa shape index (κ2) is 8.88. The molecule has 0 spiro atoms. The molecule has 0 atom stereocenters. The lowest BCUT2D eigenvalue weighted by molar-refractivity contribution is 0.0600. The standard InChI is InChI=1S/C17H19ClN2O5S/c1-25-17(22)12-3-8-15(19-9-2-10-21)16(11-12)26(23,24)20-14-6-4-13(18)5-7-14/h3-8,11,19-21H,2,9-10H2,1H3. The van der Waals surface area contributed by atoms with Gasteiger partial charge < -0.3 is 15.2 Å². The SMILES string of the molecule is COC(=O)c1ccc(NCCCO)c(S(=O)(=O)Nc2ccc(Cl)cc2)c1. The summed E-state index contributed by atoms with van der Waals surface area (Å²) in [5.41, 5.74) is 0.753. The van der Waals surface area contributed by atoms with E-state index in [0.717, 1.165) is 0 Å². The molecule has 7 nitrogen and oxygen atoms in total. The molecule has 3 N–H and O–H groups in total. The van der Waals surface area contributed by atoms with Crippen LogP contribution >= 0.6 is 11.6 Å². The Bertz CT molecular complexity index is 869. The average Bonchev–Trinajstić information content (AvgIpc) is 2.63. The molecule has 0 fully saturated rings. The number of aliphatic hydroxyl groups excluding tert-OH is 1. The number of nitrogens with one attached hydrogen (secondary N) is 2. The van der Waals surface area contributed by atoms with Crippen molar-refractivity contribution in [2.45, 2.75) is 11.3 Å². The third-order valence-corrected chi connectivity index (χ3v) is 5.11. The van der Waals surface area contributed by atoms with Crippen molar-refractivity contribution in [3.63, 3.8) is 0 Å². The first kappa shape index (κ1) is 20.0. The Labute approximate surface area is 157 Å². The summed E-state index contributed by atoms with van der Waals surface area (Å²) in [5, 5.41) is 12.3. The summed E-state index contributed by atoms with van der Waals surface area (Å²) in [6.45, 7) is 0.343. The Balaban J connectivity index is 2.40. The number of hydrogen-bond donors (Lipinski definition) is 3. The monoisotopic (exact) mass is 398 g/mol. The minimum Gasteiger partial charge on any atom is -0.465 e. The molecule has 2 aromatic carbocycles. The zero-order valence-electron chi connectivity index (χ0n) is 14.0. The molecule has 0 radical (unpaired) electrons. The first-order valence-electron chi connectivity index (χ1n) is 7.73. The van der Waals surface area contributed by atoms with Gasteiger partial charge in [-0.05, 0) is 48.9 Å². The molecule has 0 amide bonds. The lowest BCUT2D eigenvalue weighted by Gasteiger charge is -2.15. The molecule has 26 heavy (non-hydrogen) atoms. The maximum Gasteiger partial charge on any atom is 0.337 e. The summed E-state index contributed by atoms with van der Waals surface area (Å²) in [6, 6.07) is 10.4. The number of hydrogen-bond acceptors (Lipinski definition) is 6. The highest BCUT2D eigenvalue weighted by Gasteiger charge is 2.21. The molecule has 0 aromatic heterocycles. The maximum atomic E-state index is 12.8.